The molecule has 1 aromatic rings. The molecule has 20 heavy (non-hydrogen) atoms. The van der Waals surface area contributed by atoms with Crippen molar-refractivity contribution in [1.29, 1.82) is 0 Å². The van der Waals surface area contributed by atoms with Gasteiger partial charge in [-0.2, -0.15) is 0 Å². The van der Waals surface area contributed by atoms with Crippen molar-refractivity contribution in [2.24, 2.45) is 5.92 Å². The van der Waals surface area contributed by atoms with Crippen LogP contribution in [-0.2, 0) is 11.2 Å². The summed E-state index contributed by atoms with van der Waals surface area (Å²) in [4.78, 5) is 11.8. The molecule has 1 N–H and O–H groups in total. The second-order valence-electron chi connectivity index (χ2n) is 5.54. The van der Waals surface area contributed by atoms with Crippen LogP contribution in [0, 0.1) is 11.7 Å². The van der Waals surface area contributed by atoms with Crippen LogP contribution in [0.5, 0.6) is 0 Å². The van der Waals surface area contributed by atoms with Crippen LogP contribution < -0.4 is 5.32 Å². The van der Waals surface area contributed by atoms with Crippen molar-refractivity contribution in [2.45, 2.75) is 44.9 Å². The highest BCUT2D eigenvalue weighted by Gasteiger charge is 2.14. The third-order valence-electron chi connectivity index (χ3n) is 3.95. The summed E-state index contributed by atoms with van der Waals surface area (Å²) < 4.78 is 14.3. The van der Waals surface area contributed by atoms with Crippen molar-refractivity contribution in [3.63, 3.8) is 0 Å². The van der Waals surface area contributed by atoms with Crippen LogP contribution in [0.2, 0.25) is 0 Å². The maximum Gasteiger partial charge on any atom is 0.220 e. The van der Waals surface area contributed by atoms with Crippen molar-refractivity contribution < 1.29 is 9.18 Å². The summed E-state index contributed by atoms with van der Waals surface area (Å²) in [5.41, 5.74) is 0.598. The van der Waals surface area contributed by atoms with Crippen LogP contribution in [0.4, 0.5) is 4.39 Å². The molecule has 0 unspecified atom stereocenters. The van der Waals surface area contributed by atoms with Gasteiger partial charge in [-0.3, -0.25) is 4.79 Å². The standard InChI is InChI=1S/C16H21BrFNO/c17-14-8-6-13(15(18)10-14)7-9-16(20)19-11-12-4-2-1-3-5-12/h6,8,10,12H,1-5,7,9,11H2,(H,19,20). The Bertz CT molecular complexity index is 458. The van der Waals surface area contributed by atoms with E-state index in [-0.39, 0.29) is 11.7 Å². The molecule has 0 aliphatic heterocycles. The molecule has 1 saturated carbocycles. The Balaban J connectivity index is 1.71. The van der Waals surface area contributed by atoms with E-state index in [1.54, 1.807) is 12.1 Å². The smallest absolute Gasteiger partial charge is 0.220 e. The Kier molecular flexibility index (Phi) is 6.02. The highest BCUT2D eigenvalue weighted by Crippen LogP contribution is 2.22. The Morgan fingerprint density at radius 1 is 1.30 bits per heavy atom. The monoisotopic (exact) mass is 341 g/mol. The summed E-state index contributed by atoms with van der Waals surface area (Å²) >= 11 is 3.23. The summed E-state index contributed by atoms with van der Waals surface area (Å²) in [6.45, 7) is 0.779. The van der Waals surface area contributed by atoms with E-state index in [0.29, 0.717) is 24.3 Å². The van der Waals surface area contributed by atoms with E-state index in [0.717, 1.165) is 11.0 Å². The van der Waals surface area contributed by atoms with Gasteiger partial charge in [0.25, 0.3) is 0 Å². The largest absolute Gasteiger partial charge is 0.356 e. The summed E-state index contributed by atoms with van der Waals surface area (Å²) in [7, 11) is 0. The SMILES string of the molecule is O=C(CCc1ccc(Br)cc1F)NCC1CCCCC1. The Morgan fingerprint density at radius 3 is 2.75 bits per heavy atom. The minimum atomic E-state index is -0.251. The van der Waals surface area contributed by atoms with Gasteiger partial charge in [0.2, 0.25) is 5.91 Å². The molecule has 110 valence electrons. The number of halogens is 2. The third kappa shape index (κ3) is 4.89. The number of aryl methyl sites for hydroxylation is 1. The highest BCUT2D eigenvalue weighted by molar-refractivity contribution is 9.10. The fourth-order valence-corrected chi connectivity index (χ4v) is 3.04. The van der Waals surface area contributed by atoms with Crippen LogP contribution in [0.15, 0.2) is 22.7 Å². The normalized spacial score (nSPS) is 16.1. The van der Waals surface area contributed by atoms with E-state index in [1.165, 1.54) is 38.2 Å². The molecule has 2 nitrogen and oxygen atoms in total. The van der Waals surface area contributed by atoms with E-state index < -0.39 is 0 Å². The van der Waals surface area contributed by atoms with Gasteiger partial charge >= 0.3 is 0 Å². The number of amides is 1. The second-order valence-corrected chi connectivity index (χ2v) is 6.46. The zero-order valence-electron chi connectivity index (χ0n) is 11.6. The van der Waals surface area contributed by atoms with E-state index in [4.69, 9.17) is 0 Å². The van der Waals surface area contributed by atoms with Crippen LogP contribution in [0.3, 0.4) is 0 Å². The number of rotatable bonds is 5. The van der Waals surface area contributed by atoms with Crippen LogP contribution in [-0.4, -0.2) is 12.5 Å². The fourth-order valence-electron chi connectivity index (χ4n) is 2.71. The zero-order valence-corrected chi connectivity index (χ0v) is 13.2. The lowest BCUT2D eigenvalue weighted by molar-refractivity contribution is -0.121. The molecule has 0 aromatic heterocycles. The van der Waals surface area contributed by atoms with Gasteiger partial charge in [-0.15, -0.1) is 0 Å². The number of carbonyl (C=O) groups excluding carboxylic acids is 1. The van der Waals surface area contributed by atoms with Gasteiger partial charge in [0.05, 0.1) is 0 Å². The van der Waals surface area contributed by atoms with Gasteiger partial charge in [-0.05, 0) is 42.9 Å². The lowest BCUT2D eigenvalue weighted by Gasteiger charge is -2.21. The molecule has 1 aliphatic carbocycles. The number of carbonyl (C=O) groups is 1. The fraction of sp³-hybridized carbons (Fsp3) is 0.562. The van der Waals surface area contributed by atoms with Gasteiger partial charge < -0.3 is 5.32 Å². The van der Waals surface area contributed by atoms with Crippen molar-refractivity contribution in [1.82, 2.24) is 5.32 Å². The molecule has 1 aromatic carbocycles. The van der Waals surface area contributed by atoms with Crippen molar-refractivity contribution >= 4 is 21.8 Å². The molecule has 0 saturated heterocycles. The zero-order chi connectivity index (χ0) is 14.4. The van der Waals surface area contributed by atoms with Crippen molar-refractivity contribution in [3.8, 4) is 0 Å². The Morgan fingerprint density at radius 2 is 2.05 bits per heavy atom. The molecular weight excluding hydrogens is 321 g/mol. The topological polar surface area (TPSA) is 29.1 Å². The van der Waals surface area contributed by atoms with Gasteiger partial charge in [0.1, 0.15) is 5.82 Å². The van der Waals surface area contributed by atoms with Crippen molar-refractivity contribution in [3.05, 3.63) is 34.1 Å². The Hall–Kier alpha value is -0.900. The number of benzene rings is 1. The molecule has 0 radical (unpaired) electrons. The minimum absolute atomic E-state index is 0.0258. The first-order chi connectivity index (χ1) is 9.65. The molecule has 0 spiro atoms. The van der Waals surface area contributed by atoms with E-state index in [9.17, 15) is 9.18 Å². The molecule has 1 aliphatic rings. The first kappa shape index (κ1) is 15.5. The molecule has 4 heteroatoms. The number of hydrogen-bond donors (Lipinski definition) is 1. The van der Waals surface area contributed by atoms with E-state index in [2.05, 4.69) is 21.2 Å². The second kappa shape index (κ2) is 7.77. The van der Waals surface area contributed by atoms with Gasteiger partial charge in [0.15, 0.2) is 0 Å². The summed E-state index contributed by atoms with van der Waals surface area (Å²) in [6.07, 6.45) is 7.15. The molecule has 1 amide bonds. The van der Waals surface area contributed by atoms with Crippen LogP contribution in [0.1, 0.15) is 44.1 Å². The van der Waals surface area contributed by atoms with Crippen molar-refractivity contribution in [2.75, 3.05) is 6.54 Å². The third-order valence-corrected chi connectivity index (χ3v) is 4.44. The quantitative estimate of drug-likeness (QED) is 0.853. The maximum absolute atomic E-state index is 13.6. The van der Waals surface area contributed by atoms with Gasteiger partial charge in [0, 0.05) is 17.4 Å². The number of nitrogens with one attached hydrogen (secondary N) is 1. The minimum Gasteiger partial charge on any atom is -0.356 e. The molecule has 0 heterocycles. The molecule has 0 atom stereocenters. The van der Waals surface area contributed by atoms with E-state index >= 15 is 0 Å². The average Bonchev–Trinajstić information content (AvgIpc) is 2.45. The molecular formula is C16H21BrFNO. The molecule has 0 bridgehead atoms. The van der Waals surface area contributed by atoms with Crippen LogP contribution >= 0.6 is 15.9 Å². The summed E-state index contributed by atoms with van der Waals surface area (Å²) in [6, 6.07) is 4.97. The predicted molar refractivity (Wildman–Crippen MR) is 82.0 cm³/mol. The molecule has 2 rings (SSSR count). The maximum atomic E-state index is 13.6. The first-order valence-electron chi connectivity index (χ1n) is 7.36. The highest BCUT2D eigenvalue weighted by atomic mass is 79.9. The van der Waals surface area contributed by atoms with Gasteiger partial charge in [-0.1, -0.05) is 41.3 Å². The lowest BCUT2D eigenvalue weighted by atomic mass is 9.89. The predicted octanol–water partition coefficient (Wildman–Crippen LogP) is 4.22. The first-order valence-corrected chi connectivity index (χ1v) is 8.15. The summed E-state index contributed by atoms with van der Waals surface area (Å²) in [5.74, 6) is 0.412. The van der Waals surface area contributed by atoms with Crippen LogP contribution in [0.25, 0.3) is 0 Å². The Labute approximate surface area is 128 Å². The molecule has 1 fully saturated rings. The van der Waals surface area contributed by atoms with Gasteiger partial charge in [-0.25, -0.2) is 4.39 Å². The lowest BCUT2D eigenvalue weighted by Crippen LogP contribution is -2.30. The number of hydrogen-bond acceptors (Lipinski definition) is 1. The summed E-state index contributed by atoms with van der Waals surface area (Å²) in [5, 5.41) is 2.98. The average molecular weight is 342 g/mol. The van der Waals surface area contributed by atoms with E-state index in [1.807, 2.05) is 0 Å².